The van der Waals surface area contributed by atoms with Gasteiger partial charge in [0.15, 0.2) is 0 Å². The number of ether oxygens (including phenoxy) is 1. The third-order valence-corrected chi connectivity index (χ3v) is 4.99. The zero-order valence-electron chi connectivity index (χ0n) is 15.9. The van der Waals surface area contributed by atoms with Crippen molar-refractivity contribution in [1.29, 1.82) is 0 Å². The number of fused-ring (bicyclic) bond motifs is 1. The van der Waals surface area contributed by atoms with Crippen LogP contribution in [-0.2, 0) is 10.0 Å². The number of anilines is 1. The van der Waals surface area contributed by atoms with Crippen molar-refractivity contribution in [2.75, 3.05) is 11.0 Å². The monoisotopic (exact) mass is 388 g/mol. The van der Waals surface area contributed by atoms with Gasteiger partial charge in [0.2, 0.25) is 10.0 Å². The van der Waals surface area contributed by atoms with Gasteiger partial charge in [0.1, 0.15) is 11.4 Å². The van der Waals surface area contributed by atoms with Crippen LogP contribution in [0.5, 0.6) is 5.75 Å². The molecule has 1 heterocycles. The number of aryl methyl sites for hydroxylation is 1. The minimum Gasteiger partial charge on any atom is -0.487 e. The lowest BCUT2D eigenvalue weighted by Crippen LogP contribution is -2.41. The number of para-hydroxylation sites is 1. The minimum atomic E-state index is -3.49. The van der Waals surface area contributed by atoms with Crippen LogP contribution >= 0.6 is 0 Å². The van der Waals surface area contributed by atoms with E-state index in [4.69, 9.17) is 4.74 Å². The first-order valence-electron chi connectivity index (χ1n) is 8.71. The lowest BCUT2D eigenvalue weighted by Gasteiger charge is -2.38. The van der Waals surface area contributed by atoms with Gasteiger partial charge in [-0.05, 0) is 39.0 Å². The Morgan fingerprint density at radius 1 is 1.19 bits per heavy atom. The van der Waals surface area contributed by atoms with Gasteiger partial charge in [-0.15, -0.1) is 0 Å². The zero-order valence-corrected chi connectivity index (χ0v) is 16.7. The van der Waals surface area contributed by atoms with Crippen LogP contribution in [0.3, 0.4) is 0 Å². The number of carbonyl (C=O) groups is 1. The third kappa shape index (κ3) is 4.60. The van der Waals surface area contributed by atoms with Crippen molar-refractivity contribution < 1.29 is 17.9 Å². The molecule has 3 rings (SSSR count). The van der Waals surface area contributed by atoms with E-state index in [-0.39, 0.29) is 23.2 Å². The lowest BCUT2D eigenvalue weighted by molar-refractivity contribution is 0.0619. The number of rotatable bonds is 4. The maximum Gasteiger partial charge on any atom is 0.253 e. The fourth-order valence-electron chi connectivity index (χ4n) is 3.31. The molecule has 0 aromatic heterocycles. The molecule has 0 saturated heterocycles. The summed E-state index contributed by atoms with van der Waals surface area (Å²) in [6.07, 6.45) is 1.67. The molecule has 2 aromatic rings. The Morgan fingerprint density at radius 2 is 1.89 bits per heavy atom. The molecule has 144 valence electrons. The Hall–Kier alpha value is -2.54. The smallest absolute Gasteiger partial charge is 0.253 e. The molecule has 0 bridgehead atoms. The highest BCUT2D eigenvalue weighted by Crippen LogP contribution is 2.40. The highest BCUT2D eigenvalue weighted by molar-refractivity contribution is 7.92. The maximum absolute atomic E-state index is 12.9. The highest BCUT2D eigenvalue weighted by atomic mass is 32.2. The molecule has 0 unspecified atom stereocenters. The molecule has 6 nitrogen and oxygen atoms in total. The van der Waals surface area contributed by atoms with Gasteiger partial charge in [0.05, 0.1) is 23.5 Å². The minimum absolute atomic E-state index is 0.234. The fourth-order valence-corrected chi connectivity index (χ4v) is 3.89. The summed E-state index contributed by atoms with van der Waals surface area (Å²) in [7, 11) is -3.49. The average molecular weight is 388 g/mol. The summed E-state index contributed by atoms with van der Waals surface area (Å²) < 4.78 is 31.6. The molecule has 1 aliphatic rings. The van der Waals surface area contributed by atoms with Crippen LogP contribution in [0.25, 0.3) is 0 Å². The van der Waals surface area contributed by atoms with Crippen LogP contribution in [0.4, 0.5) is 5.69 Å². The Bertz CT molecular complexity index is 983. The second-order valence-corrected chi connectivity index (χ2v) is 9.30. The van der Waals surface area contributed by atoms with Crippen molar-refractivity contribution in [1.82, 2.24) is 5.32 Å². The summed E-state index contributed by atoms with van der Waals surface area (Å²) in [6.45, 7) is 5.95. The first kappa shape index (κ1) is 19.2. The number of sulfonamides is 1. The van der Waals surface area contributed by atoms with Crippen LogP contribution < -0.4 is 14.8 Å². The summed E-state index contributed by atoms with van der Waals surface area (Å²) in [5.74, 6) is 0.418. The van der Waals surface area contributed by atoms with Crippen LogP contribution in [-0.4, -0.2) is 26.2 Å². The molecule has 0 radical (unpaired) electrons. The molecule has 0 spiro atoms. The molecule has 1 aliphatic heterocycles. The molecule has 1 amide bonds. The quantitative estimate of drug-likeness (QED) is 0.841. The molecule has 2 N–H and O–H groups in total. The molecule has 1 atom stereocenters. The van der Waals surface area contributed by atoms with E-state index in [1.165, 1.54) is 0 Å². The van der Waals surface area contributed by atoms with Gasteiger partial charge in [0.25, 0.3) is 5.91 Å². The van der Waals surface area contributed by atoms with Crippen molar-refractivity contribution in [3.8, 4) is 5.75 Å². The topological polar surface area (TPSA) is 84.5 Å². The second kappa shape index (κ2) is 6.88. The number of hydrogen-bond donors (Lipinski definition) is 2. The first-order chi connectivity index (χ1) is 12.5. The van der Waals surface area contributed by atoms with E-state index in [1.807, 2.05) is 39.0 Å². The average Bonchev–Trinajstić information content (AvgIpc) is 2.54. The van der Waals surface area contributed by atoms with Gasteiger partial charge >= 0.3 is 0 Å². The van der Waals surface area contributed by atoms with Crippen LogP contribution in [0.2, 0.25) is 0 Å². The van der Waals surface area contributed by atoms with Gasteiger partial charge in [0, 0.05) is 12.0 Å². The Labute approximate surface area is 160 Å². The summed E-state index contributed by atoms with van der Waals surface area (Å²) in [6, 6.07) is 12.2. The van der Waals surface area contributed by atoms with Crippen molar-refractivity contribution in [3.63, 3.8) is 0 Å². The number of hydrogen-bond acceptors (Lipinski definition) is 4. The summed E-state index contributed by atoms with van der Waals surface area (Å²) in [5, 5.41) is 3.05. The molecule has 27 heavy (non-hydrogen) atoms. The largest absolute Gasteiger partial charge is 0.487 e. The fraction of sp³-hybridized carbons (Fsp3) is 0.350. The van der Waals surface area contributed by atoms with E-state index >= 15 is 0 Å². The SMILES string of the molecule is Cc1ccc2c(c1)[C@@H](NC(=O)c1ccccc1NS(C)(=O)=O)CC(C)(C)O2. The maximum atomic E-state index is 12.9. The van der Waals surface area contributed by atoms with Gasteiger partial charge in [-0.3, -0.25) is 9.52 Å². The van der Waals surface area contributed by atoms with E-state index in [2.05, 4.69) is 10.0 Å². The highest BCUT2D eigenvalue weighted by Gasteiger charge is 2.35. The molecule has 2 aromatic carbocycles. The number of amides is 1. The van der Waals surface area contributed by atoms with E-state index in [1.54, 1.807) is 24.3 Å². The van der Waals surface area contributed by atoms with Gasteiger partial charge < -0.3 is 10.1 Å². The van der Waals surface area contributed by atoms with Gasteiger partial charge in [-0.2, -0.15) is 0 Å². The predicted octanol–water partition coefficient (Wildman–Crippen LogP) is 3.40. The third-order valence-electron chi connectivity index (χ3n) is 4.40. The molecular weight excluding hydrogens is 364 g/mol. The molecule has 0 saturated carbocycles. The van der Waals surface area contributed by atoms with Crippen molar-refractivity contribution >= 4 is 21.6 Å². The molecule has 0 fully saturated rings. The molecule has 7 heteroatoms. The molecular formula is C20H24N2O4S. The zero-order chi connectivity index (χ0) is 19.8. The van der Waals surface area contributed by atoms with Crippen molar-refractivity contribution in [2.45, 2.75) is 38.8 Å². The predicted molar refractivity (Wildman–Crippen MR) is 106 cm³/mol. The normalized spacial score (nSPS) is 18.1. The van der Waals surface area contributed by atoms with Crippen molar-refractivity contribution in [3.05, 3.63) is 59.2 Å². The standard InChI is InChI=1S/C20H24N2O4S/c1-13-9-10-18-15(11-13)17(12-20(2,3)26-18)21-19(23)14-7-5-6-8-16(14)22-27(4,24)25/h5-11,17,22H,12H2,1-4H3,(H,21,23)/t17-/m0/s1. The van der Waals surface area contributed by atoms with Gasteiger partial charge in [-0.25, -0.2) is 8.42 Å². The van der Waals surface area contributed by atoms with Crippen molar-refractivity contribution in [2.24, 2.45) is 0 Å². The lowest BCUT2D eigenvalue weighted by atomic mass is 9.88. The second-order valence-electron chi connectivity index (χ2n) is 7.55. The van der Waals surface area contributed by atoms with Gasteiger partial charge in [-0.1, -0.05) is 29.8 Å². The first-order valence-corrected chi connectivity index (χ1v) is 10.6. The van der Waals surface area contributed by atoms with E-state index < -0.39 is 15.6 Å². The molecule has 0 aliphatic carbocycles. The van der Waals surface area contributed by atoms with Crippen LogP contribution in [0, 0.1) is 6.92 Å². The Kier molecular flexibility index (Phi) is 4.90. The van der Waals surface area contributed by atoms with E-state index in [0.717, 1.165) is 23.1 Å². The summed E-state index contributed by atoms with van der Waals surface area (Å²) in [5.41, 5.74) is 2.12. The number of benzene rings is 2. The Balaban J connectivity index is 1.92. The van der Waals surface area contributed by atoms with Crippen LogP contribution in [0.15, 0.2) is 42.5 Å². The Morgan fingerprint density at radius 3 is 2.59 bits per heavy atom. The number of nitrogens with one attached hydrogen (secondary N) is 2. The summed E-state index contributed by atoms with van der Waals surface area (Å²) in [4.78, 5) is 12.9. The van der Waals surface area contributed by atoms with E-state index in [0.29, 0.717) is 6.42 Å². The van der Waals surface area contributed by atoms with E-state index in [9.17, 15) is 13.2 Å². The van der Waals surface area contributed by atoms with Crippen LogP contribution in [0.1, 0.15) is 47.8 Å². The summed E-state index contributed by atoms with van der Waals surface area (Å²) >= 11 is 0. The number of carbonyl (C=O) groups excluding carboxylic acids is 1.